The maximum atomic E-state index is 13.7. The van der Waals surface area contributed by atoms with Crippen molar-refractivity contribution in [2.45, 2.75) is 116 Å². The van der Waals surface area contributed by atoms with E-state index in [1.54, 1.807) is 6.08 Å². The average Bonchev–Trinajstić information content (AvgIpc) is 2.97. The lowest BCUT2D eigenvalue weighted by molar-refractivity contribution is -0.146. The Kier molecular flexibility index (Phi) is 16.7. The lowest BCUT2D eigenvalue weighted by atomic mass is 9.97. The van der Waals surface area contributed by atoms with E-state index in [9.17, 15) is 27.8 Å². The highest BCUT2D eigenvalue weighted by Crippen LogP contribution is 2.31. The minimum Gasteiger partial charge on any atom is -0.466 e. The van der Waals surface area contributed by atoms with Gasteiger partial charge in [-0.15, -0.1) is 0 Å². The molecule has 0 saturated heterocycles. The van der Waals surface area contributed by atoms with Crippen molar-refractivity contribution >= 4 is 28.0 Å². The molecule has 1 aromatic heterocycles. The molecule has 1 heterocycles. The number of hydrogen-bond donors (Lipinski definition) is 2. The van der Waals surface area contributed by atoms with E-state index in [1.807, 2.05) is 13.8 Å². The average molecular weight is 650 g/mol. The summed E-state index contributed by atoms with van der Waals surface area (Å²) >= 11 is 0. The van der Waals surface area contributed by atoms with Crippen molar-refractivity contribution in [2.24, 2.45) is 0 Å². The summed E-state index contributed by atoms with van der Waals surface area (Å²) in [5.41, 5.74) is 1.93. The van der Waals surface area contributed by atoms with E-state index in [0.717, 1.165) is 29.8 Å². The first-order valence-electron chi connectivity index (χ1n) is 16.1. The molecule has 2 aromatic rings. The van der Waals surface area contributed by atoms with Crippen molar-refractivity contribution in [2.75, 3.05) is 24.2 Å². The van der Waals surface area contributed by atoms with E-state index in [2.05, 4.69) is 16.9 Å². The second-order valence-corrected chi connectivity index (χ2v) is 14.0. The summed E-state index contributed by atoms with van der Waals surface area (Å²) in [7, 11) is -2.30. The number of sulfonamides is 1. The van der Waals surface area contributed by atoms with Crippen LogP contribution in [0.1, 0.15) is 115 Å². The Bertz CT molecular complexity index is 1320. The van der Waals surface area contributed by atoms with Gasteiger partial charge in [-0.2, -0.15) is 0 Å². The maximum Gasteiger partial charge on any atom is 0.308 e. The van der Waals surface area contributed by atoms with Crippen LogP contribution in [0.2, 0.25) is 0 Å². The van der Waals surface area contributed by atoms with E-state index >= 15 is 0 Å². The van der Waals surface area contributed by atoms with E-state index in [1.165, 1.54) is 82.3 Å². The number of aliphatic hydroxyl groups excluding tert-OH is 2. The summed E-state index contributed by atoms with van der Waals surface area (Å²) in [6.45, 7) is 6.31. The molecule has 0 aliphatic rings. The van der Waals surface area contributed by atoms with Crippen LogP contribution < -0.4 is 4.31 Å². The number of aromatic nitrogens is 2. The Labute approximate surface area is 269 Å². The predicted molar refractivity (Wildman–Crippen MR) is 178 cm³/mol. The Balaban J connectivity index is 1.99. The molecule has 1 aromatic carbocycles. The number of halogens is 1. The zero-order valence-electron chi connectivity index (χ0n) is 27.5. The third-order valence-electron chi connectivity index (χ3n) is 7.57. The highest BCUT2D eigenvalue weighted by atomic mass is 32.2. The normalized spacial score (nSPS) is 13.4. The first-order chi connectivity index (χ1) is 21.3. The molecule has 2 N–H and O–H groups in total. The largest absolute Gasteiger partial charge is 0.466 e. The molecule has 0 aliphatic heterocycles. The number of benzene rings is 1. The van der Waals surface area contributed by atoms with Gasteiger partial charge in [0.05, 0.1) is 42.9 Å². The summed E-state index contributed by atoms with van der Waals surface area (Å²) in [6.07, 6.45) is 13.4. The zero-order chi connectivity index (χ0) is 33.4. The highest BCUT2D eigenvalue weighted by molar-refractivity contribution is 7.92. The van der Waals surface area contributed by atoms with Crippen LogP contribution in [0, 0.1) is 5.82 Å². The molecule has 0 aliphatic carbocycles. The van der Waals surface area contributed by atoms with Gasteiger partial charge in [0.2, 0.25) is 16.0 Å². The van der Waals surface area contributed by atoms with E-state index < -0.39 is 34.0 Å². The van der Waals surface area contributed by atoms with Crippen molar-refractivity contribution in [3.8, 4) is 11.3 Å². The third-order valence-corrected chi connectivity index (χ3v) is 8.73. The number of nitrogens with zero attached hydrogens (tertiary/aromatic N) is 3. The Hall–Kier alpha value is -2.89. The molecule has 9 nitrogen and oxygen atoms in total. The van der Waals surface area contributed by atoms with Crippen LogP contribution in [0.5, 0.6) is 0 Å². The monoisotopic (exact) mass is 649 g/mol. The van der Waals surface area contributed by atoms with Gasteiger partial charge >= 0.3 is 5.97 Å². The van der Waals surface area contributed by atoms with Crippen LogP contribution in [0.25, 0.3) is 17.3 Å². The molecule has 252 valence electrons. The molecule has 0 unspecified atom stereocenters. The van der Waals surface area contributed by atoms with Crippen molar-refractivity contribution < 1.29 is 32.6 Å². The summed E-state index contributed by atoms with van der Waals surface area (Å²) in [4.78, 5) is 21.2. The number of carbonyl (C=O) groups excluding carboxylic acids is 1. The summed E-state index contributed by atoms with van der Waals surface area (Å²) in [5.74, 6) is -1.14. The number of hydrogen-bond acceptors (Lipinski definition) is 8. The van der Waals surface area contributed by atoms with Crippen LogP contribution >= 0.6 is 0 Å². The fraction of sp³-hybridized carbons (Fsp3) is 0.618. The Morgan fingerprint density at radius 3 is 2.11 bits per heavy atom. The molecule has 0 amide bonds. The summed E-state index contributed by atoms with van der Waals surface area (Å²) < 4.78 is 44.4. The van der Waals surface area contributed by atoms with Crippen LogP contribution in [0.3, 0.4) is 0 Å². The molecule has 0 bridgehead atoms. The number of aliphatic hydroxyl groups is 2. The van der Waals surface area contributed by atoms with Gasteiger partial charge in [0, 0.05) is 24.6 Å². The second kappa shape index (κ2) is 19.6. The molecule has 0 saturated carbocycles. The molecule has 2 atom stereocenters. The third kappa shape index (κ3) is 14.0. The molecule has 11 heteroatoms. The number of anilines is 1. The zero-order valence-corrected chi connectivity index (χ0v) is 28.4. The van der Waals surface area contributed by atoms with Gasteiger partial charge in [-0.1, -0.05) is 90.7 Å². The van der Waals surface area contributed by atoms with Gasteiger partial charge < -0.3 is 14.9 Å². The molecule has 0 radical (unpaired) electrons. The van der Waals surface area contributed by atoms with E-state index in [4.69, 9.17) is 4.74 Å². The molecule has 0 fully saturated rings. The van der Waals surface area contributed by atoms with Crippen LogP contribution in [-0.2, 0) is 19.6 Å². The first-order valence-corrected chi connectivity index (χ1v) is 18.0. The standard InChI is InChI=1S/C34H52FN3O6S/c1-6-7-8-9-10-11-12-13-14-15-22-44-31(41)24-29(40)23-28(39)20-21-30-32(25(2)3)36-34(38(4)45(5,42)43)37-33(30)26-16-18-27(35)19-17-26/h16-21,25,28-29,39-40H,6-15,22-24H2,1-5H3/t28-,29-/m1/s1. The molecular weight excluding hydrogens is 597 g/mol. The van der Waals surface area contributed by atoms with Crippen molar-refractivity contribution in [1.29, 1.82) is 0 Å². The highest BCUT2D eigenvalue weighted by Gasteiger charge is 2.23. The van der Waals surface area contributed by atoms with Gasteiger partial charge in [-0.25, -0.2) is 27.1 Å². The topological polar surface area (TPSA) is 130 Å². The predicted octanol–water partition coefficient (Wildman–Crippen LogP) is 6.78. The van der Waals surface area contributed by atoms with Crippen LogP contribution in [0.15, 0.2) is 30.3 Å². The number of rotatable bonds is 21. The lowest BCUT2D eigenvalue weighted by Crippen LogP contribution is -2.27. The lowest BCUT2D eigenvalue weighted by Gasteiger charge is -2.20. The molecule has 0 spiro atoms. The van der Waals surface area contributed by atoms with Crippen molar-refractivity contribution in [3.63, 3.8) is 0 Å². The van der Waals surface area contributed by atoms with Gasteiger partial charge in [0.15, 0.2) is 0 Å². The molecule has 2 rings (SSSR count). The Morgan fingerprint density at radius 1 is 0.978 bits per heavy atom. The minimum atomic E-state index is -3.66. The molecular formula is C34H52FN3O6S. The van der Waals surface area contributed by atoms with Crippen molar-refractivity contribution in [3.05, 3.63) is 47.4 Å². The van der Waals surface area contributed by atoms with Gasteiger partial charge in [-0.3, -0.25) is 4.79 Å². The number of carbonyl (C=O) groups is 1. The number of unbranched alkanes of at least 4 members (excludes halogenated alkanes) is 9. The van der Waals surface area contributed by atoms with Crippen LogP contribution in [-0.4, -0.2) is 66.7 Å². The summed E-state index contributed by atoms with van der Waals surface area (Å²) in [5, 5.41) is 21.1. The fourth-order valence-electron chi connectivity index (χ4n) is 4.87. The second-order valence-electron chi connectivity index (χ2n) is 12.0. The van der Waals surface area contributed by atoms with Crippen molar-refractivity contribution in [1.82, 2.24) is 9.97 Å². The fourth-order valence-corrected chi connectivity index (χ4v) is 5.25. The quantitative estimate of drug-likeness (QED) is 0.112. The first kappa shape index (κ1) is 38.3. The molecule has 45 heavy (non-hydrogen) atoms. The minimum absolute atomic E-state index is 0.0371. The summed E-state index contributed by atoms with van der Waals surface area (Å²) in [6, 6.07) is 5.62. The van der Waals surface area contributed by atoms with Gasteiger partial charge in [0.25, 0.3) is 0 Å². The Morgan fingerprint density at radius 2 is 1.56 bits per heavy atom. The van der Waals surface area contributed by atoms with Gasteiger partial charge in [0.1, 0.15) is 5.82 Å². The van der Waals surface area contributed by atoms with E-state index in [-0.39, 0.29) is 24.7 Å². The number of ether oxygens (including phenoxy) is 1. The van der Waals surface area contributed by atoms with Crippen LogP contribution in [0.4, 0.5) is 10.3 Å². The van der Waals surface area contributed by atoms with Gasteiger partial charge in [-0.05, 0) is 36.6 Å². The SMILES string of the molecule is CCCCCCCCCCCCOC(=O)C[C@H](O)C[C@H](O)C=Cc1c(-c2ccc(F)cc2)nc(N(C)S(C)(=O)=O)nc1C(C)C. The van der Waals surface area contributed by atoms with E-state index in [0.29, 0.717) is 29.1 Å². The maximum absolute atomic E-state index is 13.7. The smallest absolute Gasteiger partial charge is 0.308 e. The number of esters is 1.